The highest BCUT2D eigenvalue weighted by Crippen LogP contribution is 2.29. The maximum absolute atomic E-state index is 13.4. The van der Waals surface area contributed by atoms with Crippen molar-refractivity contribution in [3.05, 3.63) is 70.6 Å². The van der Waals surface area contributed by atoms with Crippen molar-refractivity contribution in [1.82, 2.24) is 9.55 Å². The summed E-state index contributed by atoms with van der Waals surface area (Å²) in [7, 11) is 3.42. The van der Waals surface area contributed by atoms with Crippen LogP contribution in [0.15, 0.2) is 59.5 Å². The number of hydrogen-bond acceptors (Lipinski definition) is 6. The lowest BCUT2D eigenvalue weighted by atomic mass is 10.1. The Labute approximate surface area is 211 Å². The average molecular weight is 497 g/mol. The molecule has 4 rings (SSSR count). The van der Waals surface area contributed by atoms with Gasteiger partial charge in [-0.05, 0) is 48.2 Å². The van der Waals surface area contributed by atoms with E-state index < -0.39 is 0 Å². The van der Waals surface area contributed by atoms with Crippen molar-refractivity contribution < 1.29 is 9.47 Å². The highest BCUT2D eigenvalue weighted by Gasteiger charge is 2.14. The summed E-state index contributed by atoms with van der Waals surface area (Å²) in [5, 5.41) is 5.72. The van der Waals surface area contributed by atoms with Gasteiger partial charge in [0.25, 0.3) is 5.56 Å². The second kappa shape index (κ2) is 11.4. The Hall–Kier alpha value is -3.29. The first kappa shape index (κ1) is 26.3. The molecule has 2 heterocycles. The molecular formula is C27H33ClN4O3. The van der Waals surface area contributed by atoms with Gasteiger partial charge in [-0.25, -0.2) is 4.98 Å². The monoisotopic (exact) mass is 496 g/mol. The fourth-order valence-electron chi connectivity index (χ4n) is 4.23. The lowest BCUT2D eigenvalue weighted by molar-refractivity contribution is 0.271. The molecule has 0 unspecified atom stereocenters. The van der Waals surface area contributed by atoms with Gasteiger partial charge in [0.2, 0.25) is 0 Å². The first-order valence-corrected chi connectivity index (χ1v) is 11.5. The van der Waals surface area contributed by atoms with Crippen LogP contribution in [0.25, 0.3) is 21.7 Å². The third kappa shape index (κ3) is 5.86. The zero-order valence-corrected chi connectivity index (χ0v) is 21.4. The number of benzene rings is 2. The number of halogens is 1. The molecule has 0 aliphatic carbocycles. The van der Waals surface area contributed by atoms with Crippen molar-refractivity contribution in [2.24, 2.45) is 18.7 Å². The quantitative estimate of drug-likeness (QED) is 0.321. The molecule has 1 atom stereocenters. The number of rotatable bonds is 9. The highest BCUT2D eigenvalue weighted by atomic mass is 35.5. The number of hydrogen-bond donors (Lipinski definition) is 2. The summed E-state index contributed by atoms with van der Waals surface area (Å²) in [5.41, 5.74) is 7.92. The van der Waals surface area contributed by atoms with Crippen molar-refractivity contribution in [2.45, 2.75) is 32.9 Å². The van der Waals surface area contributed by atoms with Crippen molar-refractivity contribution in [3.8, 4) is 11.5 Å². The van der Waals surface area contributed by atoms with Gasteiger partial charge in [-0.15, -0.1) is 12.4 Å². The molecule has 8 heteroatoms. The molecule has 0 saturated carbocycles. The van der Waals surface area contributed by atoms with E-state index in [4.69, 9.17) is 15.2 Å². The molecule has 4 aromatic rings. The van der Waals surface area contributed by atoms with Crippen LogP contribution in [0.3, 0.4) is 0 Å². The minimum Gasteiger partial charge on any atom is -0.497 e. The van der Waals surface area contributed by atoms with Gasteiger partial charge in [0.1, 0.15) is 23.9 Å². The smallest absolute Gasteiger partial charge is 0.262 e. The Balaban J connectivity index is 0.00000342. The molecule has 0 saturated heterocycles. The number of nitrogens with two attached hydrogens (primary N) is 1. The van der Waals surface area contributed by atoms with E-state index in [2.05, 4.69) is 24.1 Å². The van der Waals surface area contributed by atoms with Crippen LogP contribution < -0.4 is 26.1 Å². The van der Waals surface area contributed by atoms with E-state index in [0.717, 1.165) is 34.0 Å². The highest BCUT2D eigenvalue weighted by molar-refractivity contribution is 6.09. The van der Waals surface area contributed by atoms with Crippen LogP contribution in [-0.4, -0.2) is 29.3 Å². The van der Waals surface area contributed by atoms with E-state index in [0.29, 0.717) is 36.0 Å². The molecule has 0 fully saturated rings. The van der Waals surface area contributed by atoms with Crippen molar-refractivity contribution in [1.29, 1.82) is 0 Å². The Morgan fingerprint density at radius 3 is 2.46 bits per heavy atom. The number of anilines is 1. The Morgan fingerprint density at radius 1 is 1.06 bits per heavy atom. The number of aromatic nitrogens is 2. The number of fused-ring (bicyclic) bond motifs is 3. The van der Waals surface area contributed by atoms with Gasteiger partial charge in [-0.2, -0.15) is 0 Å². The molecule has 0 amide bonds. The van der Waals surface area contributed by atoms with E-state index in [1.807, 2.05) is 48.5 Å². The van der Waals surface area contributed by atoms with Crippen molar-refractivity contribution >= 4 is 39.9 Å². The summed E-state index contributed by atoms with van der Waals surface area (Å²) in [6.45, 7) is 5.27. The maximum atomic E-state index is 13.4. The molecule has 0 aliphatic heterocycles. The lowest BCUT2D eigenvalue weighted by Gasteiger charge is -2.17. The molecule has 0 aliphatic rings. The normalized spacial score (nSPS) is 11.9. The van der Waals surface area contributed by atoms with E-state index in [1.54, 1.807) is 24.9 Å². The minimum absolute atomic E-state index is 0. The van der Waals surface area contributed by atoms with Gasteiger partial charge >= 0.3 is 0 Å². The van der Waals surface area contributed by atoms with Gasteiger partial charge in [0.15, 0.2) is 0 Å². The zero-order chi connectivity index (χ0) is 24.2. The van der Waals surface area contributed by atoms with Crippen LogP contribution in [0, 0.1) is 5.92 Å². The molecule has 186 valence electrons. The van der Waals surface area contributed by atoms with Crippen LogP contribution in [0.2, 0.25) is 0 Å². The third-order valence-corrected chi connectivity index (χ3v) is 5.95. The second-order valence-corrected chi connectivity index (χ2v) is 9.03. The molecule has 7 nitrogen and oxygen atoms in total. The molecule has 0 radical (unpaired) electrons. The van der Waals surface area contributed by atoms with Gasteiger partial charge in [0.05, 0.1) is 18.0 Å². The molecule has 3 N–H and O–H groups in total. The van der Waals surface area contributed by atoms with E-state index in [9.17, 15) is 4.79 Å². The van der Waals surface area contributed by atoms with Crippen LogP contribution >= 0.6 is 12.4 Å². The maximum Gasteiger partial charge on any atom is 0.262 e. The predicted octanol–water partition coefficient (Wildman–Crippen LogP) is 4.88. The molecular weight excluding hydrogens is 464 g/mol. The molecule has 35 heavy (non-hydrogen) atoms. The molecule has 2 aromatic carbocycles. The number of aryl methyl sites for hydroxylation is 1. The van der Waals surface area contributed by atoms with Crippen LogP contribution in [0.1, 0.15) is 25.8 Å². The van der Waals surface area contributed by atoms with Crippen LogP contribution in [-0.2, 0) is 13.6 Å². The summed E-state index contributed by atoms with van der Waals surface area (Å²) in [5.74, 6) is 2.59. The Bertz CT molecular complexity index is 1350. The molecule has 0 bridgehead atoms. The van der Waals surface area contributed by atoms with Crippen LogP contribution in [0.4, 0.5) is 5.82 Å². The first-order valence-electron chi connectivity index (χ1n) is 11.5. The van der Waals surface area contributed by atoms with Gasteiger partial charge in [-0.1, -0.05) is 26.0 Å². The largest absolute Gasteiger partial charge is 0.497 e. The predicted molar refractivity (Wildman–Crippen MR) is 145 cm³/mol. The van der Waals surface area contributed by atoms with E-state index in [1.165, 1.54) is 0 Å². The molecule has 2 aromatic heterocycles. The van der Waals surface area contributed by atoms with E-state index in [-0.39, 0.29) is 24.0 Å². The summed E-state index contributed by atoms with van der Waals surface area (Å²) < 4.78 is 12.8. The number of pyridine rings is 2. The van der Waals surface area contributed by atoms with Gasteiger partial charge in [-0.3, -0.25) is 4.79 Å². The summed E-state index contributed by atoms with van der Waals surface area (Å²) >= 11 is 0. The zero-order valence-electron chi connectivity index (χ0n) is 20.6. The summed E-state index contributed by atoms with van der Waals surface area (Å²) in [4.78, 5) is 17.8. The number of methoxy groups -OCH3 is 1. The van der Waals surface area contributed by atoms with Crippen molar-refractivity contribution in [2.75, 3.05) is 19.0 Å². The van der Waals surface area contributed by atoms with Gasteiger partial charge < -0.3 is 25.1 Å². The second-order valence-electron chi connectivity index (χ2n) is 9.03. The first-order chi connectivity index (χ1) is 16.4. The van der Waals surface area contributed by atoms with Gasteiger partial charge in [0, 0.05) is 42.7 Å². The third-order valence-electron chi connectivity index (χ3n) is 5.95. The lowest BCUT2D eigenvalue weighted by Crippen LogP contribution is -2.29. The minimum atomic E-state index is -0.110. The summed E-state index contributed by atoms with van der Waals surface area (Å²) in [6, 6.07) is 15.5. The average Bonchev–Trinajstić information content (AvgIpc) is 2.84. The summed E-state index contributed by atoms with van der Waals surface area (Å²) in [6.07, 6.45) is 2.63. The standard InChI is InChI=1S/C27H32N4O3.ClH/c1-17(2)13-19(28)16-34-21-9-10-22-23-11-12-29-26(25(23)27(32)31(3)24(22)14-21)30-15-18-5-7-20(33-4)8-6-18;/h5-12,14,17,19H,13,15-16,28H2,1-4H3,(H,29,30);1H/t19-;/m0./s1. The van der Waals surface area contributed by atoms with Crippen LogP contribution in [0.5, 0.6) is 11.5 Å². The van der Waals surface area contributed by atoms with Crippen molar-refractivity contribution in [3.63, 3.8) is 0 Å². The fourth-order valence-corrected chi connectivity index (χ4v) is 4.23. The number of ether oxygens (including phenoxy) is 2. The Kier molecular flexibility index (Phi) is 8.59. The molecule has 0 spiro atoms. The fraction of sp³-hybridized carbons (Fsp3) is 0.333. The Morgan fingerprint density at radius 2 is 1.77 bits per heavy atom. The van der Waals surface area contributed by atoms with E-state index >= 15 is 0 Å². The SMILES string of the molecule is COc1ccc(CNc2nccc3c2c(=O)n(C)c2cc(OC[C@@H](N)CC(C)C)ccc32)cc1.Cl. The topological polar surface area (TPSA) is 91.4 Å². The number of nitrogens with one attached hydrogen (secondary N) is 1. The number of nitrogens with zero attached hydrogens (tertiary/aromatic N) is 2.